The van der Waals surface area contributed by atoms with Crippen LogP contribution >= 0.6 is 11.6 Å². The number of amides is 2. The van der Waals surface area contributed by atoms with E-state index in [1.54, 1.807) is 6.07 Å². The summed E-state index contributed by atoms with van der Waals surface area (Å²) in [5.74, 6) is 0.764. The Balaban J connectivity index is 1.53. The zero-order valence-corrected chi connectivity index (χ0v) is 21.0. The molecule has 1 aromatic carbocycles. The highest BCUT2D eigenvalue weighted by Crippen LogP contribution is 2.36. The van der Waals surface area contributed by atoms with Gasteiger partial charge in [0.25, 0.3) is 5.91 Å². The molecule has 3 heterocycles. The maximum Gasteiger partial charge on any atom is 0.274 e. The maximum atomic E-state index is 13.4. The second-order valence-electron chi connectivity index (χ2n) is 9.68. The van der Waals surface area contributed by atoms with Crippen LogP contribution in [0.4, 0.5) is 0 Å². The van der Waals surface area contributed by atoms with Gasteiger partial charge in [-0.15, -0.1) is 0 Å². The van der Waals surface area contributed by atoms with Crippen molar-refractivity contribution < 1.29 is 14.3 Å². The van der Waals surface area contributed by atoms with Crippen molar-refractivity contribution in [3.8, 4) is 5.75 Å². The fourth-order valence-electron chi connectivity index (χ4n) is 5.16. The highest BCUT2D eigenvalue weighted by atomic mass is 35.5. The van der Waals surface area contributed by atoms with E-state index >= 15 is 0 Å². The molecule has 2 aliphatic heterocycles. The summed E-state index contributed by atoms with van der Waals surface area (Å²) >= 11 is 6.14. The normalized spacial score (nSPS) is 20.9. The van der Waals surface area contributed by atoms with Gasteiger partial charge in [-0.25, -0.2) is 0 Å². The molecule has 1 aromatic heterocycles. The van der Waals surface area contributed by atoms with Crippen molar-refractivity contribution in [3.63, 3.8) is 0 Å². The fraction of sp³-hybridized carbons (Fsp3) is 0.577. The summed E-state index contributed by atoms with van der Waals surface area (Å²) in [4.78, 5) is 30.5. The molecule has 8 heteroatoms. The zero-order chi connectivity index (χ0) is 24.1. The molecule has 0 N–H and O–H groups in total. The second kappa shape index (κ2) is 10.8. The first-order chi connectivity index (χ1) is 16.4. The van der Waals surface area contributed by atoms with Gasteiger partial charge in [0.1, 0.15) is 5.75 Å². The van der Waals surface area contributed by atoms with Crippen LogP contribution in [-0.4, -0.2) is 64.2 Å². The van der Waals surface area contributed by atoms with E-state index in [1.807, 2.05) is 52.6 Å². The lowest BCUT2D eigenvalue weighted by Crippen LogP contribution is -2.51. The molecule has 1 atom stereocenters. The van der Waals surface area contributed by atoms with Crippen molar-refractivity contribution in [2.45, 2.75) is 58.9 Å². The average molecular weight is 487 g/mol. The molecule has 184 valence electrons. The van der Waals surface area contributed by atoms with Gasteiger partial charge in [0.2, 0.25) is 5.91 Å². The first-order valence-corrected chi connectivity index (χ1v) is 12.8. The Bertz CT molecular complexity index is 1020. The van der Waals surface area contributed by atoms with Crippen molar-refractivity contribution in [1.29, 1.82) is 0 Å². The minimum atomic E-state index is -0.451. The molecular weight excluding hydrogens is 452 g/mol. The van der Waals surface area contributed by atoms with Crippen molar-refractivity contribution in [1.82, 2.24) is 19.6 Å². The lowest BCUT2D eigenvalue weighted by molar-refractivity contribution is -0.136. The average Bonchev–Trinajstić information content (AvgIpc) is 3.23. The van der Waals surface area contributed by atoms with Crippen LogP contribution in [0.15, 0.2) is 30.3 Å². The molecule has 0 saturated carbocycles. The molecule has 2 fully saturated rings. The molecule has 2 saturated heterocycles. The monoisotopic (exact) mass is 486 g/mol. The van der Waals surface area contributed by atoms with Gasteiger partial charge in [0.05, 0.1) is 6.61 Å². The molecule has 2 amide bonds. The van der Waals surface area contributed by atoms with Crippen molar-refractivity contribution >= 4 is 23.4 Å². The SMILES string of the molecule is CCn1nc(C(=O)N2CCC[C@@](COc3cccc(Cl)c3)(CC(=O)N3CCCCC3)C2)cc1C. The van der Waals surface area contributed by atoms with Crippen molar-refractivity contribution in [2.24, 2.45) is 5.41 Å². The molecule has 4 rings (SSSR count). The number of piperidine rings is 2. The van der Waals surface area contributed by atoms with Crippen molar-refractivity contribution in [2.75, 3.05) is 32.8 Å². The quantitative estimate of drug-likeness (QED) is 0.575. The van der Waals surface area contributed by atoms with Gasteiger partial charge in [-0.1, -0.05) is 17.7 Å². The van der Waals surface area contributed by atoms with E-state index in [0.717, 1.165) is 51.0 Å². The van der Waals surface area contributed by atoms with Gasteiger partial charge in [-0.3, -0.25) is 14.3 Å². The van der Waals surface area contributed by atoms with Crippen LogP contribution in [0.25, 0.3) is 0 Å². The largest absolute Gasteiger partial charge is 0.493 e. The molecule has 34 heavy (non-hydrogen) atoms. The fourth-order valence-corrected chi connectivity index (χ4v) is 5.34. The van der Waals surface area contributed by atoms with Gasteiger partial charge >= 0.3 is 0 Å². The van der Waals surface area contributed by atoms with E-state index < -0.39 is 5.41 Å². The Morgan fingerprint density at radius 3 is 2.56 bits per heavy atom. The number of likely N-dealkylation sites (tertiary alicyclic amines) is 2. The number of hydrogen-bond donors (Lipinski definition) is 0. The number of halogens is 1. The predicted molar refractivity (Wildman–Crippen MR) is 132 cm³/mol. The van der Waals surface area contributed by atoms with Gasteiger partial charge in [-0.2, -0.15) is 5.10 Å². The lowest BCUT2D eigenvalue weighted by Gasteiger charge is -2.43. The van der Waals surface area contributed by atoms with Crippen molar-refractivity contribution in [3.05, 3.63) is 46.7 Å². The topological polar surface area (TPSA) is 67.7 Å². The van der Waals surface area contributed by atoms with E-state index in [1.165, 1.54) is 6.42 Å². The molecule has 2 aliphatic rings. The van der Waals surface area contributed by atoms with Crippen LogP contribution in [-0.2, 0) is 11.3 Å². The van der Waals surface area contributed by atoms with Gasteiger partial charge < -0.3 is 14.5 Å². The standard InChI is InChI=1S/C26H35ClN4O3/c1-3-31-20(2)15-23(28-31)25(33)30-14-8-11-26(18-30,17-24(32)29-12-5-4-6-13-29)19-34-22-10-7-9-21(27)16-22/h7,9-10,15-16H,3-6,8,11-14,17-19H2,1-2H3/t26-/m1/s1. The van der Waals surface area contributed by atoms with Gasteiger partial charge in [-0.05, 0) is 70.2 Å². The van der Waals surface area contributed by atoms with Crippen LogP contribution in [0.2, 0.25) is 5.02 Å². The first-order valence-electron chi connectivity index (χ1n) is 12.4. The number of carbonyl (C=O) groups excluding carboxylic acids is 2. The Morgan fingerprint density at radius 2 is 1.85 bits per heavy atom. The van der Waals surface area contributed by atoms with E-state index in [-0.39, 0.29) is 11.8 Å². The smallest absolute Gasteiger partial charge is 0.274 e. The van der Waals surface area contributed by atoms with Crippen LogP contribution in [0.5, 0.6) is 5.75 Å². The molecule has 7 nitrogen and oxygen atoms in total. The van der Waals surface area contributed by atoms with E-state index in [2.05, 4.69) is 5.10 Å². The Morgan fingerprint density at radius 1 is 1.09 bits per heavy atom. The number of nitrogens with zero attached hydrogens (tertiary/aromatic N) is 4. The Hall–Kier alpha value is -2.54. The van der Waals surface area contributed by atoms with Gasteiger partial charge in [0, 0.05) is 55.3 Å². The third kappa shape index (κ3) is 5.74. The molecule has 2 aromatic rings. The van der Waals surface area contributed by atoms with Crippen LogP contribution in [0.1, 0.15) is 61.6 Å². The number of rotatable bonds is 7. The number of benzene rings is 1. The lowest BCUT2D eigenvalue weighted by atomic mass is 9.77. The maximum absolute atomic E-state index is 13.4. The third-order valence-electron chi connectivity index (χ3n) is 7.02. The minimum Gasteiger partial charge on any atom is -0.493 e. The summed E-state index contributed by atoms with van der Waals surface area (Å²) in [5, 5.41) is 5.10. The second-order valence-corrected chi connectivity index (χ2v) is 10.1. The highest BCUT2D eigenvalue weighted by molar-refractivity contribution is 6.30. The third-order valence-corrected chi connectivity index (χ3v) is 7.26. The first kappa shape index (κ1) is 24.6. The number of hydrogen-bond acceptors (Lipinski definition) is 4. The van der Waals surface area contributed by atoms with Gasteiger partial charge in [0.15, 0.2) is 5.69 Å². The molecule has 0 radical (unpaired) electrons. The molecule has 0 aliphatic carbocycles. The Labute approximate surface area is 207 Å². The van der Waals surface area contributed by atoms with E-state index in [0.29, 0.717) is 42.6 Å². The highest BCUT2D eigenvalue weighted by Gasteiger charge is 2.41. The summed E-state index contributed by atoms with van der Waals surface area (Å²) in [6.45, 7) is 7.84. The number of aryl methyl sites for hydroxylation is 2. The Kier molecular flexibility index (Phi) is 7.81. The minimum absolute atomic E-state index is 0.0763. The van der Waals surface area contributed by atoms with E-state index in [4.69, 9.17) is 16.3 Å². The number of ether oxygens (including phenoxy) is 1. The summed E-state index contributed by atoms with van der Waals surface area (Å²) in [6, 6.07) is 9.17. The number of aromatic nitrogens is 2. The summed E-state index contributed by atoms with van der Waals surface area (Å²) in [7, 11) is 0. The van der Waals surface area contributed by atoms with Crippen LogP contribution in [0, 0.1) is 12.3 Å². The summed E-state index contributed by atoms with van der Waals surface area (Å²) < 4.78 is 8.02. The molecule has 0 unspecified atom stereocenters. The van der Waals surface area contributed by atoms with E-state index in [9.17, 15) is 9.59 Å². The van der Waals surface area contributed by atoms with Crippen LogP contribution < -0.4 is 4.74 Å². The molecular formula is C26H35ClN4O3. The zero-order valence-electron chi connectivity index (χ0n) is 20.3. The molecule has 0 bridgehead atoms. The number of carbonyl (C=O) groups is 2. The predicted octanol–water partition coefficient (Wildman–Crippen LogP) is 4.57. The summed E-state index contributed by atoms with van der Waals surface area (Å²) in [6.07, 6.45) is 5.33. The molecule has 0 spiro atoms. The van der Waals surface area contributed by atoms with Crippen LogP contribution in [0.3, 0.4) is 0 Å². The summed E-state index contributed by atoms with van der Waals surface area (Å²) in [5.41, 5.74) is 0.986.